The van der Waals surface area contributed by atoms with Crippen LogP contribution in [0, 0.1) is 0 Å². The highest BCUT2D eigenvalue weighted by Crippen LogP contribution is 2.27. The van der Waals surface area contributed by atoms with E-state index < -0.39 is 16.0 Å². The lowest BCUT2D eigenvalue weighted by Crippen LogP contribution is -2.15. The molecule has 0 unspecified atom stereocenters. The van der Waals surface area contributed by atoms with E-state index in [4.69, 9.17) is 11.6 Å². The average Bonchev–Trinajstić information content (AvgIpc) is 2.93. The second-order valence-electron chi connectivity index (χ2n) is 4.19. The number of anilines is 1. The number of hydrogen-bond donors (Lipinski definition) is 1. The number of aromatic nitrogens is 2. The lowest BCUT2D eigenvalue weighted by molar-refractivity contribution is -0.137. The third-order valence-corrected chi connectivity index (χ3v) is 6.13. The van der Waals surface area contributed by atoms with Gasteiger partial charge in [0.1, 0.15) is 0 Å². The molecule has 0 atom stereocenters. The lowest BCUT2D eigenvalue weighted by Gasteiger charge is -2.06. The van der Waals surface area contributed by atoms with E-state index in [2.05, 4.69) is 19.7 Å². The van der Waals surface area contributed by atoms with Crippen LogP contribution < -0.4 is 4.72 Å². The first-order valence-electron chi connectivity index (χ1n) is 6.16. The van der Waals surface area contributed by atoms with Gasteiger partial charge in [0.25, 0.3) is 0 Å². The molecule has 0 saturated carbocycles. The molecule has 2 rings (SSSR count). The summed E-state index contributed by atoms with van der Waals surface area (Å²) in [4.78, 5) is 11.0. The molecule has 0 aliphatic heterocycles. The Bertz CT molecular complexity index is 794. The number of nitrogens with zero attached hydrogens (tertiary/aromatic N) is 2. The van der Waals surface area contributed by atoms with Gasteiger partial charge in [0.15, 0.2) is 4.34 Å². The normalized spacial score (nSPS) is 11.2. The molecule has 11 heteroatoms. The number of nitrogens with one attached hydrogen (secondary N) is 1. The number of halogens is 1. The quantitative estimate of drug-likeness (QED) is 0.569. The molecule has 1 N–H and O–H groups in total. The van der Waals surface area contributed by atoms with E-state index in [9.17, 15) is 13.2 Å². The summed E-state index contributed by atoms with van der Waals surface area (Å²) in [5.41, 5.74) is 0.492. The van der Waals surface area contributed by atoms with Gasteiger partial charge in [-0.1, -0.05) is 52.9 Å². The fraction of sp³-hybridized carbons (Fsp3) is 0.250. The van der Waals surface area contributed by atoms with Gasteiger partial charge >= 0.3 is 5.97 Å². The Hall–Kier alpha value is -1.36. The van der Waals surface area contributed by atoms with Crippen LogP contribution in [0.3, 0.4) is 0 Å². The minimum atomic E-state index is -3.66. The molecule has 0 aliphatic rings. The number of benzene rings is 1. The number of carbonyl (C=O) groups excluding carboxylic acids is 1. The van der Waals surface area contributed by atoms with Gasteiger partial charge in [-0.05, 0) is 11.6 Å². The first-order valence-corrected chi connectivity index (χ1v) is 10.00. The van der Waals surface area contributed by atoms with Crippen molar-refractivity contribution in [3.8, 4) is 0 Å². The highest BCUT2D eigenvalue weighted by Gasteiger charge is 2.17. The van der Waals surface area contributed by atoms with Crippen molar-refractivity contribution < 1.29 is 17.9 Å². The number of ether oxygens (including phenoxy) is 1. The van der Waals surface area contributed by atoms with Gasteiger partial charge in [0, 0.05) is 5.02 Å². The van der Waals surface area contributed by atoms with E-state index in [0.29, 0.717) is 14.9 Å². The molecule has 0 fully saturated rings. The fourth-order valence-corrected chi connectivity index (χ4v) is 4.78. The molecule has 1 aromatic heterocycles. The highest BCUT2D eigenvalue weighted by atomic mass is 35.5. The van der Waals surface area contributed by atoms with Gasteiger partial charge in [-0.25, -0.2) is 8.42 Å². The zero-order chi connectivity index (χ0) is 16.9. The van der Waals surface area contributed by atoms with Crippen LogP contribution in [0.15, 0.2) is 28.6 Å². The molecule has 0 spiro atoms. The number of esters is 1. The molecule has 2 aromatic rings. The van der Waals surface area contributed by atoms with Crippen molar-refractivity contribution in [2.75, 3.05) is 17.6 Å². The Morgan fingerprint density at radius 1 is 1.39 bits per heavy atom. The van der Waals surface area contributed by atoms with Crippen LogP contribution in [0.2, 0.25) is 5.02 Å². The summed E-state index contributed by atoms with van der Waals surface area (Å²) in [5.74, 6) is -0.583. The molecule has 124 valence electrons. The molecule has 0 aliphatic carbocycles. The third-order valence-electron chi connectivity index (χ3n) is 2.49. The van der Waals surface area contributed by atoms with Crippen LogP contribution in [0.5, 0.6) is 0 Å². The van der Waals surface area contributed by atoms with E-state index in [0.717, 1.165) is 23.1 Å². The molecule has 1 heterocycles. The van der Waals surface area contributed by atoms with E-state index in [1.807, 2.05) is 0 Å². The number of carbonyl (C=O) groups is 1. The van der Waals surface area contributed by atoms with Crippen LogP contribution >= 0.6 is 34.7 Å². The Morgan fingerprint density at radius 3 is 2.83 bits per heavy atom. The van der Waals surface area contributed by atoms with Crippen LogP contribution in [0.4, 0.5) is 5.13 Å². The number of sulfonamides is 1. The minimum Gasteiger partial charge on any atom is -0.468 e. The van der Waals surface area contributed by atoms with Crippen molar-refractivity contribution in [2.45, 2.75) is 10.1 Å². The first kappa shape index (κ1) is 18.0. The Morgan fingerprint density at radius 2 is 2.13 bits per heavy atom. The molecular weight excluding hydrogens is 382 g/mol. The van der Waals surface area contributed by atoms with Crippen molar-refractivity contribution in [2.24, 2.45) is 0 Å². The number of thioether (sulfide) groups is 1. The van der Waals surface area contributed by atoms with Crippen molar-refractivity contribution in [3.05, 3.63) is 34.9 Å². The van der Waals surface area contributed by atoms with Gasteiger partial charge in [-0.3, -0.25) is 9.52 Å². The van der Waals surface area contributed by atoms with E-state index >= 15 is 0 Å². The molecule has 0 saturated heterocycles. The summed E-state index contributed by atoms with van der Waals surface area (Å²) in [5, 5.41) is 8.05. The van der Waals surface area contributed by atoms with Crippen LogP contribution in [-0.2, 0) is 25.3 Å². The summed E-state index contributed by atoms with van der Waals surface area (Å²) < 4.78 is 31.6. The number of rotatable bonds is 7. The van der Waals surface area contributed by atoms with Crippen LogP contribution in [0.1, 0.15) is 5.56 Å². The number of hydrogen-bond acceptors (Lipinski definition) is 8. The standard InChI is InChI=1S/C12H12ClN3O4S3/c1-20-10(17)6-21-12-15-14-11(22-12)16-23(18,19)7-8-4-2-3-5-9(8)13/h2-5H,6-7H2,1H3,(H,14,16). The molecule has 0 amide bonds. The van der Waals surface area contributed by atoms with Gasteiger partial charge in [-0.15, -0.1) is 10.2 Å². The average molecular weight is 394 g/mol. The molecule has 7 nitrogen and oxygen atoms in total. The maximum absolute atomic E-state index is 12.1. The lowest BCUT2D eigenvalue weighted by atomic mass is 10.2. The molecule has 23 heavy (non-hydrogen) atoms. The topological polar surface area (TPSA) is 98.2 Å². The molecule has 0 radical (unpaired) electrons. The second-order valence-corrected chi connectivity index (χ2v) is 8.52. The SMILES string of the molecule is COC(=O)CSc1nnc(NS(=O)(=O)Cc2ccccc2Cl)s1. The van der Waals surface area contributed by atoms with Gasteiger partial charge in [0.05, 0.1) is 18.6 Å². The monoisotopic (exact) mass is 393 g/mol. The first-order chi connectivity index (χ1) is 10.9. The summed E-state index contributed by atoms with van der Waals surface area (Å²) in [6.07, 6.45) is 0. The smallest absolute Gasteiger partial charge is 0.316 e. The van der Waals surface area contributed by atoms with Gasteiger partial charge in [0.2, 0.25) is 15.2 Å². The molecular formula is C12H12ClN3O4S3. The van der Waals surface area contributed by atoms with Crippen LogP contribution in [-0.4, -0.2) is 37.4 Å². The fourth-order valence-electron chi connectivity index (χ4n) is 1.48. The van der Waals surface area contributed by atoms with Crippen LogP contribution in [0.25, 0.3) is 0 Å². The largest absolute Gasteiger partial charge is 0.468 e. The summed E-state index contributed by atoms with van der Waals surface area (Å²) in [6.45, 7) is 0. The zero-order valence-corrected chi connectivity index (χ0v) is 15.1. The minimum absolute atomic E-state index is 0.0809. The molecule has 0 bridgehead atoms. The van der Waals surface area contributed by atoms with Crippen molar-refractivity contribution in [1.82, 2.24) is 10.2 Å². The predicted molar refractivity (Wildman–Crippen MR) is 90.3 cm³/mol. The highest BCUT2D eigenvalue weighted by molar-refractivity contribution is 8.01. The predicted octanol–water partition coefficient (Wildman–Crippen LogP) is 2.40. The van der Waals surface area contributed by atoms with Gasteiger partial charge < -0.3 is 4.74 Å². The van der Waals surface area contributed by atoms with E-state index in [1.54, 1.807) is 24.3 Å². The van der Waals surface area contributed by atoms with E-state index in [1.165, 1.54) is 7.11 Å². The Labute approximate surface area is 146 Å². The van der Waals surface area contributed by atoms with Crippen molar-refractivity contribution >= 4 is 55.8 Å². The summed E-state index contributed by atoms with van der Waals surface area (Å²) in [6, 6.07) is 6.70. The Balaban J connectivity index is 1.99. The number of methoxy groups -OCH3 is 1. The Kier molecular flexibility index (Phi) is 6.22. The zero-order valence-electron chi connectivity index (χ0n) is 11.9. The van der Waals surface area contributed by atoms with E-state index in [-0.39, 0.29) is 16.6 Å². The van der Waals surface area contributed by atoms with Crippen molar-refractivity contribution in [3.63, 3.8) is 0 Å². The summed E-state index contributed by atoms with van der Waals surface area (Å²) >= 11 is 8.11. The van der Waals surface area contributed by atoms with Gasteiger partial charge in [-0.2, -0.15) is 0 Å². The van der Waals surface area contributed by atoms with Crippen molar-refractivity contribution in [1.29, 1.82) is 0 Å². The maximum Gasteiger partial charge on any atom is 0.316 e. The second kappa shape index (κ2) is 7.95. The maximum atomic E-state index is 12.1. The third kappa shape index (κ3) is 5.65. The summed E-state index contributed by atoms with van der Waals surface area (Å²) in [7, 11) is -2.37. The molecule has 1 aromatic carbocycles.